The number of phenols is 1. The van der Waals surface area contributed by atoms with Crippen LogP contribution in [0.1, 0.15) is 31.0 Å². The fraction of sp³-hybridized carbons (Fsp3) is 0.269. The van der Waals surface area contributed by atoms with E-state index in [0.29, 0.717) is 42.1 Å². The number of hydrogen-bond donors (Lipinski definition) is 1. The average Bonchev–Trinajstić information content (AvgIpc) is 3.18. The van der Waals surface area contributed by atoms with Gasteiger partial charge in [0.1, 0.15) is 0 Å². The van der Waals surface area contributed by atoms with Gasteiger partial charge in [0.2, 0.25) is 0 Å². The Bertz CT molecular complexity index is 1590. The lowest BCUT2D eigenvalue weighted by atomic mass is 9.95. The van der Waals surface area contributed by atoms with Crippen LogP contribution in [-0.2, 0) is 9.53 Å². The first-order valence-electron chi connectivity index (χ1n) is 11.2. The number of benzene rings is 2. The predicted molar refractivity (Wildman–Crippen MR) is 142 cm³/mol. The average molecular weight is 589 g/mol. The molecule has 0 radical (unpaired) electrons. The van der Waals surface area contributed by atoms with Gasteiger partial charge in [-0.25, -0.2) is 9.79 Å². The number of carbonyl (C=O) groups is 1. The van der Waals surface area contributed by atoms with Crippen molar-refractivity contribution < 1.29 is 28.8 Å². The number of carbonyl (C=O) groups excluding carboxylic acids is 1. The Kier molecular flexibility index (Phi) is 7.74. The molecule has 1 N–H and O–H groups in total. The molecular formula is C26H25BrN2O7S. The van der Waals surface area contributed by atoms with Crippen molar-refractivity contribution in [1.82, 2.24) is 4.57 Å². The quantitative estimate of drug-likeness (QED) is 0.422. The monoisotopic (exact) mass is 588 g/mol. The molecule has 3 aromatic rings. The van der Waals surface area contributed by atoms with Crippen LogP contribution in [0.2, 0.25) is 0 Å². The number of rotatable bonds is 7. The molecule has 37 heavy (non-hydrogen) atoms. The highest BCUT2D eigenvalue weighted by molar-refractivity contribution is 9.10. The van der Waals surface area contributed by atoms with Crippen LogP contribution in [0, 0.1) is 0 Å². The molecule has 1 atom stereocenters. The SMILES string of the molecule is CCOC(=O)C1=C(C)N=c2s/c(=C\c3cc(Br)cc(OC)c3O)c(=O)n2[C@@H]1c1ccc(OC)c(OC)c1. The van der Waals surface area contributed by atoms with E-state index in [1.165, 1.54) is 25.9 Å². The van der Waals surface area contributed by atoms with Gasteiger partial charge in [-0.15, -0.1) is 0 Å². The molecule has 9 nitrogen and oxygen atoms in total. The largest absolute Gasteiger partial charge is 0.504 e. The summed E-state index contributed by atoms with van der Waals surface area (Å²) < 4.78 is 23.8. The molecule has 194 valence electrons. The van der Waals surface area contributed by atoms with Crippen molar-refractivity contribution in [3.63, 3.8) is 0 Å². The predicted octanol–water partition coefficient (Wildman–Crippen LogP) is 3.29. The van der Waals surface area contributed by atoms with E-state index < -0.39 is 12.0 Å². The van der Waals surface area contributed by atoms with Crippen LogP contribution < -0.4 is 29.1 Å². The molecule has 0 saturated carbocycles. The van der Waals surface area contributed by atoms with Gasteiger partial charge in [0.25, 0.3) is 5.56 Å². The number of esters is 1. The Balaban J connectivity index is 1.99. The summed E-state index contributed by atoms with van der Waals surface area (Å²) in [6.07, 6.45) is 1.57. The first-order valence-corrected chi connectivity index (χ1v) is 12.8. The summed E-state index contributed by atoms with van der Waals surface area (Å²) in [5.41, 5.74) is 1.32. The molecule has 0 fully saturated rings. The fourth-order valence-corrected chi connectivity index (χ4v) is 5.62. The van der Waals surface area contributed by atoms with E-state index in [2.05, 4.69) is 20.9 Å². The number of hydrogen-bond acceptors (Lipinski definition) is 9. The Morgan fingerprint density at radius 1 is 1.14 bits per heavy atom. The number of halogens is 1. The van der Waals surface area contributed by atoms with Crippen LogP contribution in [0.25, 0.3) is 6.08 Å². The molecule has 4 rings (SSSR count). The van der Waals surface area contributed by atoms with Gasteiger partial charge in [0.15, 0.2) is 27.8 Å². The zero-order chi connectivity index (χ0) is 26.9. The maximum absolute atomic E-state index is 13.8. The molecule has 0 bridgehead atoms. The third kappa shape index (κ3) is 4.88. The molecule has 1 aromatic heterocycles. The van der Waals surface area contributed by atoms with Gasteiger partial charge in [-0.3, -0.25) is 9.36 Å². The highest BCUT2D eigenvalue weighted by Gasteiger charge is 2.34. The van der Waals surface area contributed by atoms with Crippen LogP contribution in [0.5, 0.6) is 23.0 Å². The Labute approximate surface area is 225 Å². The summed E-state index contributed by atoms with van der Waals surface area (Å²) in [6.45, 7) is 3.60. The molecule has 2 heterocycles. The lowest BCUT2D eigenvalue weighted by Gasteiger charge is -2.25. The van der Waals surface area contributed by atoms with E-state index in [4.69, 9.17) is 18.9 Å². The van der Waals surface area contributed by atoms with E-state index >= 15 is 0 Å². The van der Waals surface area contributed by atoms with Crippen molar-refractivity contribution in [1.29, 1.82) is 0 Å². The molecule has 2 aromatic carbocycles. The molecule has 0 spiro atoms. The number of ether oxygens (including phenoxy) is 4. The second-order valence-electron chi connectivity index (χ2n) is 7.96. The topological polar surface area (TPSA) is 109 Å². The minimum absolute atomic E-state index is 0.101. The number of aromatic hydroxyl groups is 1. The number of aromatic nitrogens is 1. The summed E-state index contributed by atoms with van der Waals surface area (Å²) in [4.78, 5) is 31.8. The normalized spacial score (nSPS) is 15.2. The summed E-state index contributed by atoms with van der Waals surface area (Å²) in [6, 6.07) is 7.70. The third-order valence-corrected chi connectivity index (χ3v) is 7.26. The van der Waals surface area contributed by atoms with Crippen molar-refractivity contribution in [2.75, 3.05) is 27.9 Å². The van der Waals surface area contributed by atoms with Gasteiger partial charge in [-0.05, 0) is 49.8 Å². The van der Waals surface area contributed by atoms with E-state index in [0.717, 1.165) is 11.3 Å². The van der Waals surface area contributed by atoms with E-state index in [1.807, 2.05) is 0 Å². The second kappa shape index (κ2) is 10.8. The van der Waals surface area contributed by atoms with Crippen LogP contribution >= 0.6 is 27.3 Å². The van der Waals surface area contributed by atoms with E-state index in [-0.39, 0.29) is 29.2 Å². The number of phenolic OH excluding ortho intramolecular Hbond substituents is 1. The Hall–Kier alpha value is -3.57. The minimum Gasteiger partial charge on any atom is -0.504 e. The number of thiazole rings is 1. The number of methoxy groups -OCH3 is 3. The van der Waals surface area contributed by atoms with Gasteiger partial charge in [-0.2, -0.15) is 0 Å². The van der Waals surface area contributed by atoms with Gasteiger partial charge in [-0.1, -0.05) is 33.3 Å². The summed E-state index contributed by atoms with van der Waals surface area (Å²) >= 11 is 4.55. The van der Waals surface area contributed by atoms with Crippen molar-refractivity contribution in [3.8, 4) is 23.0 Å². The summed E-state index contributed by atoms with van der Waals surface area (Å²) in [5, 5.41) is 10.6. The zero-order valence-electron chi connectivity index (χ0n) is 20.8. The second-order valence-corrected chi connectivity index (χ2v) is 9.89. The molecular weight excluding hydrogens is 564 g/mol. The molecule has 0 saturated heterocycles. The van der Waals surface area contributed by atoms with Crippen molar-refractivity contribution in [3.05, 3.63) is 76.9 Å². The van der Waals surface area contributed by atoms with Gasteiger partial charge in [0.05, 0.1) is 49.8 Å². The van der Waals surface area contributed by atoms with E-state index in [1.54, 1.807) is 50.3 Å². The number of fused-ring (bicyclic) bond motifs is 1. The smallest absolute Gasteiger partial charge is 0.338 e. The van der Waals surface area contributed by atoms with Crippen LogP contribution in [0.3, 0.4) is 0 Å². The third-order valence-electron chi connectivity index (χ3n) is 5.82. The van der Waals surface area contributed by atoms with Gasteiger partial charge < -0.3 is 24.1 Å². The fourth-order valence-electron chi connectivity index (χ4n) is 4.13. The lowest BCUT2D eigenvalue weighted by Crippen LogP contribution is -2.40. The van der Waals surface area contributed by atoms with Gasteiger partial charge >= 0.3 is 5.97 Å². The zero-order valence-corrected chi connectivity index (χ0v) is 23.2. The molecule has 11 heteroatoms. The van der Waals surface area contributed by atoms with E-state index in [9.17, 15) is 14.7 Å². The lowest BCUT2D eigenvalue weighted by molar-refractivity contribution is -0.139. The highest BCUT2D eigenvalue weighted by atomic mass is 79.9. The van der Waals surface area contributed by atoms with Crippen LogP contribution in [0.15, 0.2) is 55.9 Å². The summed E-state index contributed by atoms with van der Waals surface area (Å²) in [7, 11) is 4.49. The van der Waals surface area contributed by atoms with Crippen LogP contribution in [-0.4, -0.2) is 43.6 Å². The highest BCUT2D eigenvalue weighted by Crippen LogP contribution is 2.36. The summed E-state index contributed by atoms with van der Waals surface area (Å²) in [5.74, 6) is 0.558. The molecule has 0 amide bonds. The molecule has 0 unspecified atom stereocenters. The van der Waals surface area contributed by atoms with Gasteiger partial charge in [0, 0.05) is 10.0 Å². The van der Waals surface area contributed by atoms with Crippen molar-refractivity contribution in [2.45, 2.75) is 19.9 Å². The molecule has 1 aliphatic rings. The maximum Gasteiger partial charge on any atom is 0.338 e. The van der Waals surface area contributed by atoms with Crippen molar-refractivity contribution >= 4 is 39.3 Å². The number of nitrogens with zero attached hydrogens (tertiary/aromatic N) is 2. The Morgan fingerprint density at radius 2 is 1.84 bits per heavy atom. The standard InChI is InChI=1S/C26H25BrN2O7S/c1-6-36-25(32)21-13(2)28-26-29(22(21)14-7-8-17(33-3)18(10-14)34-4)24(31)20(37-26)11-15-9-16(27)12-19(35-5)23(15)30/h7-12,22,30H,6H2,1-5H3/b20-11-/t22-/m1/s1. The van der Waals surface area contributed by atoms with Crippen LogP contribution in [0.4, 0.5) is 0 Å². The number of allylic oxidation sites excluding steroid dienone is 1. The maximum atomic E-state index is 13.8. The molecule has 0 aliphatic carbocycles. The van der Waals surface area contributed by atoms with Crippen molar-refractivity contribution in [2.24, 2.45) is 4.99 Å². The minimum atomic E-state index is -0.817. The first kappa shape index (κ1) is 26.5. The Morgan fingerprint density at radius 3 is 2.49 bits per heavy atom. The first-order chi connectivity index (χ1) is 17.7. The molecule has 1 aliphatic heterocycles.